The van der Waals surface area contributed by atoms with Crippen LogP contribution in [0.4, 0.5) is 0 Å². The van der Waals surface area contributed by atoms with Crippen molar-refractivity contribution in [2.24, 2.45) is 18.2 Å². The SMILES string of the molecule is CCc1nn(C)cc1CNC(=O)[C@@H](N)C(C)(C)C. The Morgan fingerprint density at radius 1 is 1.56 bits per heavy atom. The molecule has 1 amide bonds. The van der Waals surface area contributed by atoms with E-state index in [1.54, 1.807) is 4.68 Å². The van der Waals surface area contributed by atoms with Crippen molar-refractivity contribution < 1.29 is 4.79 Å². The van der Waals surface area contributed by atoms with Crippen LogP contribution in [0.5, 0.6) is 0 Å². The molecule has 0 aliphatic rings. The highest BCUT2D eigenvalue weighted by molar-refractivity contribution is 5.82. The second-order valence-electron chi connectivity index (χ2n) is 5.69. The molecule has 0 spiro atoms. The molecule has 3 N–H and O–H groups in total. The summed E-state index contributed by atoms with van der Waals surface area (Å²) in [6.07, 6.45) is 2.79. The van der Waals surface area contributed by atoms with Crippen molar-refractivity contribution in [1.29, 1.82) is 0 Å². The molecule has 0 aliphatic carbocycles. The van der Waals surface area contributed by atoms with Crippen LogP contribution in [-0.4, -0.2) is 21.7 Å². The van der Waals surface area contributed by atoms with Gasteiger partial charge in [-0.1, -0.05) is 27.7 Å². The summed E-state index contributed by atoms with van der Waals surface area (Å²) in [6, 6.07) is -0.501. The van der Waals surface area contributed by atoms with E-state index in [-0.39, 0.29) is 11.3 Å². The van der Waals surface area contributed by atoms with Gasteiger partial charge in [0.15, 0.2) is 0 Å². The van der Waals surface area contributed by atoms with Crippen LogP contribution in [0.25, 0.3) is 0 Å². The number of carbonyl (C=O) groups excluding carboxylic acids is 1. The van der Waals surface area contributed by atoms with Gasteiger partial charge in [0.05, 0.1) is 11.7 Å². The molecular weight excluding hydrogens is 228 g/mol. The molecule has 0 unspecified atom stereocenters. The fourth-order valence-corrected chi connectivity index (χ4v) is 1.71. The lowest BCUT2D eigenvalue weighted by Crippen LogP contribution is -2.48. The molecule has 18 heavy (non-hydrogen) atoms. The number of aryl methyl sites for hydroxylation is 2. The number of nitrogens with one attached hydrogen (secondary N) is 1. The molecule has 5 nitrogen and oxygen atoms in total. The van der Waals surface area contributed by atoms with Crippen LogP contribution in [0.3, 0.4) is 0 Å². The summed E-state index contributed by atoms with van der Waals surface area (Å²) in [7, 11) is 1.88. The maximum absolute atomic E-state index is 11.9. The maximum atomic E-state index is 11.9. The molecule has 1 rings (SSSR count). The fourth-order valence-electron chi connectivity index (χ4n) is 1.71. The van der Waals surface area contributed by atoms with E-state index < -0.39 is 6.04 Å². The van der Waals surface area contributed by atoms with Gasteiger partial charge in [-0.25, -0.2) is 0 Å². The Labute approximate surface area is 109 Å². The quantitative estimate of drug-likeness (QED) is 0.838. The topological polar surface area (TPSA) is 72.9 Å². The molecule has 102 valence electrons. The molecule has 0 saturated heterocycles. The van der Waals surface area contributed by atoms with E-state index in [2.05, 4.69) is 17.3 Å². The summed E-state index contributed by atoms with van der Waals surface area (Å²) < 4.78 is 1.77. The zero-order valence-electron chi connectivity index (χ0n) is 11.9. The first-order valence-electron chi connectivity index (χ1n) is 6.30. The Hall–Kier alpha value is -1.36. The van der Waals surface area contributed by atoms with Gasteiger partial charge in [-0.3, -0.25) is 9.48 Å². The number of rotatable bonds is 4. The normalized spacial score (nSPS) is 13.4. The van der Waals surface area contributed by atoms with Gasteiger partial charge in [0.1, 0.15) is 0 Å². The first-order valence-corrected chi connectivity index (χ1v) is 6.30. The molecule has 1 aromatic heterocycles. The van der Waals surface area contributed by atoms with Gasteiger partial charge in [0.2, 0.25) is 5.91 Å². The van der Waals surface area contributed by atoms with Crippen molar-refractivity contribution in [3.8, 4) is 0 Å². The summed E-state index contributed by atoms with van der Waals surface area (Å²) in [5.74, 6) is -0.117. The van der Waals surface area contributed by atoms with Crippen LogP contribution in [0.1, 0.15) is 39.0 Å². The third kappa shape index (κ3) is 3.57. The Kier molecular flexibility index (Phi) is 4.51. The third-order valence-corrected chi connectivity index (χ3v) is 3.00. The zero-order valence-corrected chi connectivity index (χ0v) is 11.9. The van der Waals surface area contributed by atoms with Crippen LogP contribution in [0.15, 0.2) is 6.20 Å². The molecule has 1 atom stereocenters. The predicted octanol–water partition coefficient (Wildman–Crippen LogP) is 0.972. The number of amides is 1. The van der Waals surface area contributed by atoms with E-state index in [1.165, 1.54) is 0 Å². The largest absolute Gasteiger partial charge is 0.351 e. The molecule has 0 bridgehead atoms. The second kappa shape index (κ2) is 5.52. The Balaban J connectivity index is 2.62. The molecule has 5 heteroatoms. The Morgan fingerprint density at radius 3 is 2.67 bits per heavy atom. The van der Waals surface area contributed by atoms with Crippen molar-refractivity contribution in [2.75, 3.05) is 0 Å². The average Bonchev–Trinajstić information content (AvgIpc) is 2.64. The van der Waals surface area contributed by atoms with E-state index in [9.17, 15) is 4.79 Å². The van der Waals surface area contributed by atoms with Crippen LogP contribution in [-0.2, 0) is 24.8 Å². The minimum Gasteiger partial charge on any atom is -0.351 e. The Morgan fingerprint density at radius 2 is 2.17 bits per heavy atom. The number of hydrogen-bond acceptors (Lipinski definition) is 3. The van der Waals surface area contributed by atoms with Gasteiger partial charge in [-0.2, -0.15) is 5.10 Å². The lowest BCUT2D eigenvalue weighted by molar-refractivity contribution is -0.124. The minimum absolute atomic E-state index is 0.117. The summed E-state index contributed by atoms with van der Waals surface area (Å²) in [6.45, 7) is 8.41. The van der Waals surface area contributed by atoms with E-state index in [0.717, 1.165) is 17.7 Å². The standard InChI is InChI=1S/C13H24N4O/c1-6-10-9(8-17(5)16-10)7-15-12(18)11(14)13(2,3)4/h8,11H,6-7,14H2,1-5H3,(H,15,18)/t11-/m1/s1. The van der Waals surface area contributed by atoms with E-state index >= 15 is 0 Å². The Bertz CT molecular complexity index is 417. The number of hydrogen-bond donors (Lipinski definition) is 2. The maximum Gasteiger partial charge on any atom is 0.237 e. The number of aromatic nitrogens is 2. The van der Waals surface area contributed by atoms with E-state index in [4.69, 9.17) is 5.73 Å². The molecule has 0 aliphatic heterocycles. The lowest BCUT2D eigenvalue weighted by Gasteiger charge is -2.25. The van der Waals surface area contributed by atoms with Crippen LogP contribution in [0, 0.1) is 5.41 Å². The van der Waals surface area contributed by atoms with Gasteiger partial charge in [0.25, 0.3) is 0 Å². The summed E-state index contributed by atoms with van der Waals surface area (Å²) in [5, 5.41) is 7.21. The van der Waals surface area contributed by atoms with Crippen molar-refractivity contribution in [3.63, 3.8) is 0 Å². The summed E-state index contributed by atoms with van der Waals surface area (Å²) in [4.78, 5) is 11.9. The summed E-state index contributed by atoms with van der Waals surface area (Å²) in [5.41, 5.74) is 7.74. The molecule has 1 aromatic rings. The monoisotopic (exact) mass is 252 g/mol. The number of nitrogens with two attached hydrogens (primary N) is 1. The van der Waals surface area contributed by atoms with Gasteiger partial charge in [-0.05, 0) is 11.8 Å². The van der Waals surface area contributed by atoms with Crippen molar-refractivity contribution in [1.82, 2.24) is 15.1 Å². The highest BCUT2D eigenvalue weighted by Crippen LogP contribution is 2.17. The molecule has 1 heterocycles. The number of carbonyl (C=O) groups is 1. The molecule has 0 fully saturated rings. The lowest BCUT2D eigenvalue weighted by atomic mass is 9.87. The highest BCUT2D eigenvalue weighted by Gasteiger charge is 2.27. The first kappa shape index (κ1) is 14.7. The third-order valence-electron chi connectivity index (χ3n) is 3.00. The highest BCUT2D eigenvalue weighted by atomic mass is 16.2. The minimum atomic E-state index is -0.501. The van der Waals surface area contributed by atoms with Gasteiger partial charge >= 0.3 is 0 Å². The molecular formula is C13H24N4O. The predicted molar refractivity (Wildman–Crippen MR) is 71.9 cm³/mol. The van der Waals surface area contributed by atoms with E-state index in [0.29, 0.717) is 6.54 Å². The number of nitrogens with zero attached hydrogens (tertiary/aromatic N) is 2. The first-order chi connectivity index (χ1) is 8.25. The zero-order chi connectivity index (χ0) is 13.9. The van der Waals surface area contributed by atoms with Crippen molar-refractivity contribution >= 4 is 5.91 Å². The van der Waals surface area contributed by atoms with E-state index in [1.807, 2.05) is 34.0 Å². The van der Waals surface area contributed by atoms with Crippen LogP contribution in [0.2, 0.25) is 0 Å². The second-order valence-corrected chi connectivity index (χ2v) is 5.69. The van der Waals surface area contributed by atoms with Crippen molar-refractivity contribution in [3.05, 3.63) is 17.5 Å². The summed E-state index contributed by atoms with van der Waals surface area (Å²) >= 11 is 0. The van der Waals surface area contributed by atoms with Gasteiger partial charge < -0.3 is 11.1 Å². The van der Waals surface area contributed by atoms with Crippen molar-refractivity contribution in [2.45, 2.75) is 46.7 Å². The molecule has 0 aromatic carbocycles. The molecule has 0 saturated carbocycles. The van der Waals surface area contributed by atoms with Crippen LogP contribution < -0.4 is 11.1 Å². The smallest absolute Gasteiger partial charge is 0.237 e. The fraction of sp³-hybridized carbons (Fsp3) is 0.692. The molecule has 0 radical (unpaired) electrons. The van der Waals surface area contributed by atoms with Crippen LogP contribution >= 0.6 is 0 Å². The van der Waals surface area contributed by atoms with Gasteiger partial charge in [-0.15, -0.1) is 0 Å². The average molecular weight is 252 g/mol. The van der Waals surface area contributed by atoms with Gasteiger partial charge in [0, 0.05) is 25.4 Å².